The number of para-hydroxylation sites is 1. The molecule has 0 radical (unpaired) electrons. The lowest BCUT2D eigenvalue weighted by Gasteiger charge is -2.10. The maximum absolute atomic E-state index is 7.57. The Hall–Kier alpha value is -3.45. The molecule has 2 heterocycles. The molecule has 0 atom stereocenters. The van der Waals surface area contributed by atoms with Crippen LogP contribution in [0, 0.1) is 20.4 Å². The minimum Gasteiger partial charge on any atom is -0.238 e. The fraction of sp³-hybridized carbons (Fsp3) is 0.136. The highest BCUT2D eigenvalue weighted by Crippen LogP contribution is 2.27. The van der Waals surface area contributed by atoms with Gasteiger partial charge in [0.2, 0.25) is 11.9 Å². The molecule has 0 saturated heterocycles. The van der Waals surface area contributed by atoms with Crippen LogP contribution >= 0.6 is 0 Å². The van der Waals surface area contributed by atoms with Crippen molar-refractivity contribution in [2.24, 2.45) is 7.05 Å². The van der Waals surface area contributed by atoms with Gasteiger partial charge in [-0.3, -0.25) is 0 Å². The smallest absolute Gasteiger partial charge is 0.205 e. The van der Waals surface area contributed by atoms with Gasteiger partial charge in [-0.2, -0.15) is 4.57 Å². The molecule has 0 unspecified atom stereocenters. The predicted octanol–water partition coefficient (Wildman–Crippen LogP) is 3.90. The van der Waals surface area contributed by atoms with E-state index in [-0.39, 0.29) is 0 Å². The van der Waals surface area contributed by atoms with Crippen LogP contribution in [0.25, 0.3) is 27.1 Å². The largest absolute Gasteiger partial charge is 0.238 e. The van der Waals surface area contributed by atoms with Crippen LogP contribution in [0.2, 0.25) is 0 Å². The third kappa shape index (κ3) is 2.46. The first kappa shape index (κ1) is 16.0. The fourth-order valence-electron chi connectivity index (χ4n) is 3.52. The Morgan fingerprint density at radius 1 is 1.00 bits per heavy atom. The second kappa shape index (κ2) is 6.12. The van der Waals surface area contributed by atoms with Crippen molar-refractivity contribution in [1.29, 1.82) is 0 Å². The molecule has 0 fully saturated rings. The molecule has 0 bridgehead atoms. The van der Waals surface area contributed by atoms with E-state index >= 15 is 0 Å². The van der Waals surface area contributed by atoms with Gasteiger partial charge in [0.05, 0.1) is 12.0 Å². The molecule has 0 spiro atoms. The molecule has 4 nitrogen and oxygen atoms in total. The number of benzene rings is 2. The fourth-order valence-corrected chi connectivity index (χ4v) is 3.52. The highest BCUT2D eigenvalue weighted by Gasteiger charge is 2.22. The van der Waals surface area contributed by atoms with Gasteiger partial charge < -0.3 is 0 Å². The highest BCUT2D eigenvalue weighted by atomic mass is 15.4. The Labute approximate surface area is 153 Å². The highest BCUT2D eigenvalue weighted by molar-refractivity contribution is 5.79. The van der Waals surface area contributed by atoms with E-state index in [4.69, 9.17) is 6.57 Å². The molecular formula is C22H20N4+2. The Morgan fingerprint density at radius 3 is 2.54 bits per heavy atom. The molecule has 0 aliphatic heterocycles. The average Bonchev–Trinajstić information content (AvgIpc) is 2.98. The molecule has 0 aliphatic carbocycles. The second-order valence-electron chi connectivity index (χ2n) is 6.51. The maximum atomic E-state index is 7.57. The number of aromatic nitrogens is 3. The van der Waals surface area contributed by atoms with E-state index in [1.54, 1.807) is 0 Å². The molecule has 2 aromatic carbocycles. The number of pyridine rings is 1. The van der Waals surface area contributed by atoms with Gasteiger partial charge in [0.25, 0.3) is 0 Å². The summed E-state index contributed by atoms with van der Waals surface area (Å²) < 4.78 is 6.38. The van der Waals surface area contributed by atoms with Crippen LogP contribution in [-0.4, -0.2) is 4.68 Å². The lowest BCUT2D eigenvalue weighted by atomic mass is 10.1. The van der Waals surface area contributed by atoms with Crippen LogP contribution in [0.3, 0.4) is 0 Å². The zero-order valence-corrected chi connectivity index (χ0v) is 15.1. The molecule has 4 aromatic rings. The van der Waals surface area contributed by atoms with Crippen molar-refractivity contribution in [1.82, 2.24) is 4.68 Å². The third-order valence-electron chi connectivity index (χ3n) is 4.82. The molecule has 126 valence electrons. The topological polar surface area (TPSA) is 17.0 Å². The summed E-state index contributed by atoms with van der Waals surface area (Å²) in [4.78, 5) is 3.72. The standard InChI is InChI=1S/C22H20N4/c1-16-9-7-8-12-25(16)21-13-19(23-3)14-22(17(21)2)26-20-11-6-5-10-18(20)15-24(26)4/h5-15H,1-2,4H3/q+2. The Morgan fingerprint density at radius 2 is 1.77 bits per heavy atom. The van der Waals surface area contributed by atoms with Crippen molar-refractivity contribution in [2.75, 3.05) is 0 Å². The normalized spacial score (nSPS) is 10.8. The van der Waals surface area contributed by atoms with Crippen molar-refractivity contribution in [2.45, 2.75) is 13.8 Å². The van der Waals surface area contributed by atoms with Crippen molar-refractivity contribution in [3.8, 4) is 11.4 Å². The quantitative estimate of drug-likeness (QED) is 0.389. The Balaban J connectivity index is 2.07. The van der Waals surface area contributed by atoms with E-state index < -0.39 is 0 Å². The van der Waals surface area contributed by atoms with Gasteiger partial charge >= 0.3 is 0 Å². The van der Waals surface area contributed by atoms with Gasteiger partial charge in [-0.05, 0) is 25.1 Å². The SMILES string of the molecule is [C-]#[N+]c1cc(-n2c3ccccc3c[n+]2C)c(C)c(-[n+]2ccccc2C)c1. The van der Waals surface area contributed by atoms with Crippen LogP contribution in [0.1, 0.15) is 11.3 Å². The molecule has 26 heavy (non-hydrogen) atoms. The van der Waals surface area contributed by atoms with Gasteiger partial charge in [0.15, 0.2) is 24.6 Å². The molecular weight excluding hydrogens is 320 g/mol. The van der Waals surface area contributed by atoms with Crippen LogP contribution in [0.5, 0.6) is 0 Å². The monoisotopic (exact) mass is 340 g/mol. The van der Waals surface area contributed by atoms with E-state index in [1.165, 1.54) is 5.39 Å². The molecule has 4 rings (SSSR count). The summed E-state index contributed by atoms with van der Waals surface area (Å²) in [6, 6.07) is 18.4. The van der Waals surface area contributed by atoms with Gasteiger partial charge in [-0.1, -0.05) is 18.2 Å². The molecule has 2 aromatic heterocycles. The summed E-state index contributed by atoms with van der Waals surface area (Å²) in [6.07, 6.45) is 4.16. The van der Waals surface area contributed by atoms with Crippen molar-refractivity contribution in [3.05, 3.63) is 89.7 Å². The molecule has 0 aliphatic rings. The van der Waals surface area contributed by atoms with E-state index in [9.17, 15) is 0 Å². The number of nitrogens with zero attached hydrogens (tertiary/aromatic N) is 4. The molecule has 0 saturated carbocycles. The summed E-state index contributed by atoms with van der Waals surface area (Å²) in [5.41, 5.74) is 6.08. The first-order valence-electron chi connectivity index (χ1n) is 8.56. The third-order valence-corrected chi connectivity index (χ3v) is 4.82. The number of hydrogen-bond acceptors (Lipinski definition) is 0. The zero-order valence-electron chi connectivity index (χ0n) is 15.1. The van der Waals surface area contributed by atoms with Gasteiger partial charge in [-0.25, -0.2) is 4.85 Å². The van der Waals surface area contributed by atoms with E-state index in [1.807, 2.05) is 49.6 Å². The molecule has 0 N–H and O–H groups in total. The Bertz CT molecular complexity index is 1180. The number of rotatable bonds is 2. The summed E-state index contributed by atoms with van der Waals surface area (Å²) in [6.45, 7) is 11.8. The van der Waals surface area contributed by atoms with E-state index in [2.05, 4.69) is 57.0 Å². The van der Waals surface area contributed by atoms with Crippen LogP contribution in [0.15, 0.2) is 67.0 Å². The predicted molar refractivity (Wildman–Crippen MR) is 102 cm³/mol. The first-order valence-corrected chi connectivity index (χ1v) is 8.56. The van der Waals surface area contributed by atoms with Crippen molar-refractivity contribution in [3.63, 3.8) is 0 Å². The average molecular weight is 340 g/mol. The second-order valence-corrected chi connectivity index (χ2v) is 6.51. The van der Waals surface area contributed by atoms with E-state index in [0.29, 0.717) is 5.69 Å². The first-order chi connectivity index (χ1) is 12.6. The van der Waals surface area contributed by atoms with Gasteiger partial charge in [-0.15, -0.1) is 9.36 Å². The van der Waals surface area contributed by atoms with E-state index in [0.717, 1.165) is 28.1 Å². The summed E-state index contributed by atoms with van der Waals surface area (Å²) in [7, 11) is 2.03. The lowest BCUT2D eigenvalue weighted by molar-refractivity contribution is -0.741. The molecule has 0 amide bonds. The zero-order chi connectivity index (χ0) is 18.3. The summed E-state index contributed by atoms with van der Waals surface area (Å²) >= 11 is 0. The minimum absolute atomic E-state index is 0.633. The number of fused-ring (bicyclic) bond motifs is 1. The van der Waals surface area contributed by atoms with Crippen LogP contribution in [-0.2, 0) is 7.05 Å². The van der Waals surface area contributed by atoms with Crippen LogP contribution < -0.4 is 9.25 Å². The van der Waals surface area contributed by atoms with Crippen LogP contribution in [0.4, 0.5) is 5.69 Å². The molecule has 4 heteroatoms. The summed E-state index contributed by atoms with van der Waals surface area (Å²) in [5.74, 6) is 0. The minimum atomic E-state index is 0.633. The number of aryl methyl sites for hydroxylation is 2. The summed E-state index contributed by atoms with van der Waals surface area (Å²) in [5, 5.41) is 1.17. The lowest BCUT2D eigenvalue weighted by Crippen LogP contribution is -2.39. The van der Waals surface area contributed by atoms with Crippen molar-refractivity contribution >= 4 is 16.6 Å². The van der Waals surface area contributed by atoms with Crippen molar-refractivity contribution < 1.29 is 9.25 Å². The number of hydrogen-bond donors (Lipinski definition) is 0. The Kier molecular flexibility index (Phi) is 3.78. The van der Waals surface area contributed by atoms with Gasteiger partial charge in [0.1, 0.15) is 11.2 Å². The van der Waals surface area contributed by atoms with Gasteiger partial charge in [0, 0.05) is 30.7 Å². The maximum Gasteiger partial charge on any atom is 0.205 e.